The van der Waals surface area contributed by atoms with Crippen molar-refractivity contribution in [3.8, 4) is 33.4 Å². The van der Waals surface area contributed by atoms with Gasteiger partial charge in [0.15, 0.2) is 0 Å². The summed E-state index contributed by atoms with van der Waals surface area (Å²) in [4.78, 5) is 2.75. The minimum Gasteiger partial charge on any atom is -0.375 e. The van der Waals surface area contributed by atoms with Crippen molar-refractivity contribution in [2.45, 2.75) is 93.3 Å². The highest BCUT2D eigenvalue weighted by molar-refractivity contribution is 6.90. The molecule has 8 saturated carbocycles. The lowest BCUT2D eigenvalue weighted by molar-refractivity contribution is -0.00527. The number of nitrogens with zero attached hydrogens (tertiary/aromatic N) is 2. The predicted octanol–water partition coefficient (Wildman–Crippen LogP) is 15.5. The van der Waals surface area contributed by atoms with Crippen LogP contribution in [0.15, 0.2) is 164 Å². The molecule has 8 bridgehead atoms. The molecule has 3 heteroatoms. The van der Waals surface area contributed by atoms with Crippen LogP contribution in [-0.2, 0) is 16.2 Å². The summed E-state index contributed by atoms with van der Waals surface area (Å²) in [5.41, 5.74) is 27.0. The molecular formula is C69H57BN2. The van der Waals surface area contributed by atoms with Gasteiger partial charge in [0.2, 0.25) is 0 Å². The molecule has 0 radical (unpaired) electrons. The molecule has 12 aliphatic rings. The number of benzene rings is 8. The van der Waals surface area contributed by atoms with Crippen LogP contribution in [0.2, 0.25) is 0 Å². The summed E-state index contributed by atoms with van der Waals surface area (Å²) in [6, 6.07) is 65.9. The van der Waals surface area contributed by atoms with Crippen LogP contribution in [0.25, 0.3) is 55.2 Å². The third kappa shape index (κ3) is 4.61. The topological polar surface area (TPSA) is 8.17 Å². The Morgan fingerprint density at radius 2 is 0.972 bits per heavy atom. The van der Waals surface area contributed by atoms with Gasteiger partial charge in [-0.1, -0.05) is 121 Å². The van der Waals surface area contributed by atoms with Crippen molar-refractivity contribution in [1.82, 2.24) is 4.48 Å². The van der Waals surface area contributed by atoms with Crippen molar-refractivity contribution < 1.29 is 0 Å². The molecule has 2 nitrogen and oxygen atoms in total. The highest BCUT2D eigenvalue weighted by Gasteiger charge is 2.57. The number of hydrogen-bond acceptors (Lipinski definition) is 1. The molecule has 346 valence electrons. The molecule has 0 unspecified atom stereocenters. The summed E-state index contributed by atoms with van der Waals surface area (Å²) in [7, 11) is 0. The zero-order chi connectivity index (χ0) is 46.4. The first-order chi connectivity index (χ1) is 35.5. The summed E-state index contributed by atoms with van der Waals surface area (Å²) >= 11 is 0. The highest BCUT2D eigenvalue weighted by Crippen LogP contribution is 2.66. The van der Waals surface area contributed by atoms with Gasteiger partial charge in [0, 0.05) is 38.7 Å². The van der Waals surface area contributed by atoms with Crippen LogP contribution < -0.4 is 15.8 Å². The van der Waals surface area contributed by atoms with Gasteiger partial charge < -0.3 is 9.38 Å². The number of rotatable bonds is 3. The maximum atomic E-state index is 2.90. The first kappa shape index (κ1) is 39.0. The van der Waals surface area contributed by atoms with E-state index in [1.807, 2.05) is 0 Å². The van der Waals surface area contributed by atoms with Crippen LogP contribution in [-0.4, -0.2) is 11.3 Å². The smallest absolute Gasteiger partial charge is 0.333 e. The summed E-state index contributed by atoms with van der Waals surface area (Å²) < 4.78 is 2.90. The van der Waals surface area contributed by atoms with E-state index in [9.17, 15) is 0 Å². The Morgan fingerprint density at radius 3 is 1.64 bits per heavy atom. The van der Waals surface area contributed by atoms with Gasteiger partial charge in [0.1, 0.15) is 0 Å². The van der Waals surface area contributed by atoms with Gasteiger partial charge in [-0.25, -0.2) is 0 Å². The Bertz CT molecular complexity index is 3810. The van der Waals surface area contributed by atoms with Crippen LogP contribution in [0.5, 0.6) is 0 Å². The van der Waals surface area contributed by atoms with Gasteiger partial charge in [0.25, 0.3) is 0 Å². The lowest BCUT2D eigenvalue weighted by Gasteiger charge is -2.57. The van der Waals surface area contributed by atoms with Gasteiger partial charge in [0.05, 0.1) is 11.1 Å². The molecule has 8 fully saturated rings. The molecular weight excluding hydrogens is 868 g/mol. The fourth-order valence-corrected chi connectivity index (χ4v) is 20.4. The summed E-state index contributed by atoms with van der Waals surface area (Å²) in [6.45, 7) is 0.00326. The van der Waals surface area contributed by atoms with Crippen molar-refractivity contribution in [2.75, 3.05) is 4.90 Å². The molecule has 3 aliphatic heterocycles. The Hall–Kier alpha value is -6.58. The molecule has 21 rings (SSSR count). The van der Waals surface area contributed by atoms with Crippen molar-refractivity contribution in [3.05, 3.63) is 197 Å². The van der Waals surface area contributed by atoms with Gasteiger partial charge in [-0.3, -0.25) is 0 Å². The van der Waals surface area contributed by atoms with Crippen LogP contribution in [0.1, 0.15) is 110 Å². The largest absolute Gasteiger partial charge is 0.375 e. The van der Waals surface area contributed by atoms with Crippen LogP contribution in [0.4, 0.5) is 17.1 Å². The van der Waals surface area contributed by atoms with Crippen LogP contribution in [0, 0.1) is 35.5 Å². The summed E-state index contributed by atoms with van der Waals surface area (Å²) in [6.07, 6.45) is 17.2. The van der Waals surface area contributed by atoms with Gasteiger partial charge in [-0.2, -0.15) is 0 Å². The van der Waals surface area contributed by atoms with Crippen molar-refractivity contribution in [1.29, 1.82) is 0 Å². The van der Waals surface area contributed by atoms with Gasteiger partial charge in [-0.05, 0) is 238 Å². The average Bonchev–Trinajstić information content (AvgIpc) is 3.89. The van der Waals surface area contributed by atoms with Crippen LogP contribution >= 0.6 is 0 Å². The molecule has 9 aliphatic carbocycles. The number of anilines is 3. The average molecular weight is 925 g/mol. The minimum atomic E-state index is -0.469. The third-order valence-electron chi connectivity index (χ3n) is 22.0. The zero-order valence-corrected chi connectivity index (χ0v) is 41.0. The Kier molecular flexibility index (Phi) is 7.12. The fraction of sp³-hybridized carbons (Fsp3) is 0.304. The summed E-state index contributed by atoms with van der Waals surface area (Å²) in [5, 5.41) is 3.03. The van der Waals surface area contributed by atoms with E-state index in [0.717, 1.165) is 35.5 Å². The third-order valence-corrected chi connectivity index (χ3v) is 22.0. The molecule has 9 aromatic rings. The number of fused-ring (bicyclic) bond motifs is 16. The SMILES string of the molecule is c1ccc(-c2cc3c4c(c2)N2c5ccccc5C5(c6ccccc6-c6ccccc65)c5cccc(c52)B4n2c4ccc(C56CC7CC(CC(C7)C5)C6)cc4c4cc(C56CC7CC(CC(C7)C5)C6)cc-3c42)cc1. The maximum absolute atomic E-state index is 2.90. The second-order valence-electron chi connectivity index (χ2n) is 25.6. The minimum absolute atomic E-state index is 0.00326. The zero-order valence-electron chi connectivity index (χ0n) is 41.0. The first-order valence-electron chi connectivity index (χ1n) is 28.1. The second kappa shape index (κ2) is 13.1. The molecule has 0 amide bonds. The lowest BCUT2D eigenvalue weighted by Crippen LogP contribution is -2.58. The predicted molar refractivity (Wildman–Crippen MR) is 296 cm³/mol. The Labute approximate surface area is 423 Å². The van der Waals surface area contributed by atoms with E-state index < -0.39 is 5.41 Å². The molecule has 0 atom stereocenters. The summed E-state index contributed by atoms with van der Waals surface area (Å²) in [5.74, 6) is 5.41. The van der Waals surface area contributed by atoms with Crippen LogP contribution in [0.3, 0.4) is 0 Å². The number of para-hydroxylation sites is 2. The van der Waals surface area contributed by atoms with Gasteiger partial charge >= 0.3 is 6.85 Å². The fourth-order valence-electron chi connectivity index (χ4n) is 20.4. The van der Waals surface area contributed by atoms with Crippen molar-refractivity contribution in [3.63, 3.8) is 0 Å². The molecule has 0 N–H and O–H groups in total. The molecule has 72 heavy (non-hydrogen) atoms. The van der Waals surface area contributed by atoms with E-state index in [-0.39, 0.29) is 12.3 Å². The highest BCUT2D eigenvalue weighted by atomic mass is 15.2. The van der Waals surface area contributed by atoms with Gasteiger partial charge in [-0.15, -0.1) is 0 Å². The van der Waals surface area contributed by atoms with E-state index in [1.54, 1.807) is 11.1 Å². The maximum Gasteiger partial charge on any atom is 0.333 e. The second-order valence-corrected chi connectivity index (χ2v) is 25.6. The number of aromatic nitrogens is 1. The van der Waals surface area contributed by atoms with Crippen molar-refractivity contribution in [2.24, 2.45) is 35.5 Å². The molecule has 1 spiro atoms. The molecule has 8 aromatic carbocycles. The lowest BCUT2D eigenvalue weighted by atomic mass is 9.43. The molecule has 1 aromatic heterocycles. The standard InChI is InChI=1S/C69H57BN2/c1-2-11-46(12-3-1)47-29-53-55-33-49(68-37-43-26-44(38-68)28-45(27-43)39-68)32-54-52-31-48(67-34-40-23-41(35-67)25-42(24-40)36-67)21-22-61(52)72(65(54)55)70-60-19-10-18-59-66(60)71(63(30-47)64(53)70)62-20-9-8-17-58(62)69(59)56-15-6-4-13-50(56)51-14-5-7-16-57(51)69/h1-22,29-33,40-45H,23-28,34-39H2. The monoisotopic (exact) mass is 924 g/mol. The van der Waals surface area contributed by atoms with E-state index in [4.69, 9.17) is 0 Å². The first-order valence-corrected chi connectivity index (χ1v) is 28.1. The van der Waals surface area contributed by atoms with Crippen molar-refractivity contribution >= 4 is 56.6 Å². The van der Waals surface area contributed by atoms with E-state index in [2.05, 4.69) is 173 Å². The Morgan fingerprint density at radius 1 is 0.403 bits per heavy atom. The molecule has 4 heterocycles. The quantitative estimate of drug-likeness (QED) is 0.160. The Balaban J connectivity index is 0.949. The number of hydrogen-bond donors (Lipinski definition) is 0. The van der Waals surface area contributed by atoms with E-state index >= 15 is 0 Å². The normalized spacial score (nSPS) is 29.2. The van der Waals surface area contributed by atoms with E-state index in [1.165, 1.54) is 182 Å². The van der Waals surface area contributed by atoms with E-state index in [0.29, 0.717) is 5.41 Å². The molecule has 0 saturated heterocycles.